The number of benzene rings is 1. The Morgan fingerprint density at radius 1 is 1.22 bits per heavy atom. The number of nitrogen functional groups attached to an aromatic ring is 1. The second kappa shape index (κ2) is 5.23. The van der Waals surface area contributed by atoms with Crippen molar-refractivity contribution in [3.8, 4) is 0 Å². The molecule has 0 aliphatic carbocycles. The van der Waals surface area contributed by atoms with Gasteiger partial charge in [-0.05, 0) is 43.8 Å². The van der Waals surface area contributed by atoms with Gasteiger partial charge >= 0.3 is 0 Å². The van der Waals surface area contributed by atoms with Gasteiger partial charge in [-0.3, -0.25) is 4.90 Å². The Kier molecular flexibility index (Phi) is 3.67. The van der Waals surface area contributed by atoms with E-state index in [-0.39, 0.29) is 5.82 Å². The molecular weight excluding hydrogens is 231 g/mol. The van der Waals surface area contributed by atoms with Crippen molar-refractivity contribution in [2.45, 2.75) is 20.0 Å². The number of anilines is 1. The van der Waals surface area contributed by atoms with Gasteiger partial charge in [0.25, 0.3) is 0 Å². The third kappa shape index (κ3) is 3.11. The van der Waals surface area contributed by atoms with E-state index in [4.69, 9.17) is 10.2 Å². The first-order valence-corrected chi connectivity index (χ1v) is 5.82. The lowest BCUT2D eigenvalue weighted by atomic mass is 10.1. The summed E-state index contributed by atoms with van der Waals surface area (Å²) < 4.78 is 18.4. The van der Waals surface area contributed by atoms with Crippen LogP contribution in [0.25, 0.3) is 0 Å². The van der Waals surface area contributed by atoms with Gasteiger partial charge in [-0.1, -0.05) is 6.07 Å². The predicted octanol–water partition coefficient (Wildman–Crippen LogP) is 2.94. The lowest BCUT2D eigenvalue weighted by molar-refractivity contribution is 0.285. The molecule has 3 nitrogen and oxygen atoms in total. The Balaban J connectivity index is 2.00. The first-order valence-electron chi connectivity index (χ1n) is 5.82. The summed E-state index contributed by atoms with van der Waals surface area (Å²) in [7, 11) is 1.97. The van der Waals surface area contributed by atoms with Gasteiger partial charge in [-0.25, -0.2) is 4.39 Å². The molecule has 96 valence electrons. The maximum absolute atomic E-state index is 12.9. The zero-order valence-corrected chi connectivity index (χ0v) is 10.6. The highest BCUT2D eigenvalue weighted by molar-refractivity contribution is 5.46. The second-order valence-electron chi connectivity index (χ2n) is 4.53. The highest BCUT2D eigenvalue weighted by Gasteiger charge is 2.07. The summed E-state index contributed by atoms with van der Waals surface area (Å²) in [5.41, 5.74) is 7.18. The number of furan rings is 1. The molecule has 0 saturated heterocycles. The van der Waals surface area contributed by atoms with E-state index < -0.39 is 0 Å². The number of halogens is 1. The molecule has 0 aliphatic heterocycles. The summed E-state index contributed by atoms with van der Waals surface area (Å²) in [6, 6.07) is 8.39. The molecule has 0 saturated carbocycles. The molecule has 0 aliphatic rings. The van der Waals surface area contributed by atoms with Crippen LogP contribution in [0.15, 0.2) is 34.7 Å². The van der Waals surface area contributed by atoms with Crippen LogP contribution in [0.2, 0.25) is 0 Å². The quantitative estimate of drug-likeness (QED) is 0.846. The molecular formula is C14H17FN2O. The van der Waals surface area contributed by atoms with Crippen molar-refractivity contribution < 1.29 is 8.81 Å². The minimum Gasteiger partial charge on any atom is -0.465 e. The van der Waals surface area contributed by atoms with E-state index in [0.29, 0.717) is 18.8 Å². The molecule has 2 aromatic rings. The van der Waals surface area contributed by atoms with Crippen LogP contribution in [0.5, 0.6) is 0 Å². The first-order chi connectivity index (χ1) is 8.54. The van der Waals surface area contributed by atoms with E-state index in [1.807, 2.05) is 26.1 Å². The van der Waals surface area contributed by atoms with Gasteiger partial charge in [0.1, 0.15) is 17.3 Å². The average molecular weight is 248 g/mol. The molecule has 0 radical (unpaired) electrons. The van der Waals surface area contributed by atoms with Crippen LogP contribution < -0.4 is 5.73 Å². The number of hydrogen-bond donors (Lipinski definition) is 1. The van der Waals surface area contributed by atoms with Crippen LogP contribution in [-0.4, -0.2) is 11.9 Å². The van der Waals surface area contributed by atoms with Crippen LogP contribution in [0.1, 0.15) is 17.1 Å². The van der Waals surface area contributed by atoms with Crippen molar-refractivity contribution in [3.05, 3.63) is 53.2 Å². The van der Waals surface area contributed by atoms with Gasteiger partial charge < -0.3 is 10.2 Å². The van der Waals surface area contributed by atoms with E-state index in [1.54, 1.807) is 6.07 Å². The molecule has 2 rings (SSSR count). The molecule has 0 unspecified atom stereocenters. The van der Waals surface area contributed by atoms with Crippen molar-refractivity contribution in [3.63, 3.8) is 0 Å². The maximum Gasteiger partial charge on any atom is 0.125 e. The second-order valence-corrected chi connectivity index (χ2v) is 4.53. The Morgan fingerprint density at radius 3 is 2.61 bits per heavy atom. The summed E-state index contributed by atoms with van der Waals surface area (Å²) in [5.74, 6) is 1.51. The minimum atomic E-state index is -0.305. The van der Waals surface area contributed by atoms with Crippen molar-refractivity contribution in [2.24, 2.45) is 0 Å². The van der Waals surface area contributed by atoms with Gasteiger partial charge in [0, 0.05) is 12.2 Å². The molecule has 0 fully saturated rings. The molecule has 2 N–H and O–H groups in total. The monoisotopic (exact) mass is 248 g/mol. The van der Waals surface area contributed by atoms with E-state index in [1.165, 1.54) is 12.1 Å². The smallest absolute Gasteiger partial charge is 0.125 e. The lowest BCUT2D eigenvalue weighted by Crippen LogP contribution is -2.17. The van der Waals surface area contributed by atoms with E-state index >= 15 is 0 Å². The number of nitrogens with two attached hydrogens (primary N) is 1. The molecule has 0 bridgehead atoms. The number of nitrogens with zero attached hydrogens (tertiary/aromatic N) is 1. The van der Waals surface area contributed by atoms with E-state index in [0.717, 1.165) is 17.1 Å². The summed E-state index contributed by atoms with van der Waals surface area (Å²) >= 11 is 0. The summed E-state index contributed by atoms with van der Waals surface area (Å²) in [6.07, 6.45) is 0. The number of rotatable bonds is 4. The molecule has 0 amide bonds. The normalized spacial score (nSPS) is 11.1. The molecule has 1 aromatic carbocycles. The largest absolute Gasteiger partial charge is 0.465 e. The Bertz CT molecular complexity index is 536. The summed E-state index contributed by atoms with van der Waals surface area (Å²) in [6.45, 7) is 3.28. The molecule has 18 heavy (non-hydrogen) atoms. The van der Waals surface area contributed by atoms with E-state index in [9.17, 15) is 4.39 Å². The van der Waals surface area contributed by atoms with Crippen LogP contribution in [0.4, 0.5) is 10.1 Å². The van der Waals surface area contributed by atoms with Crippen molar-refractivity contribution >= 4 is 5.69 Å². The zero-order chi connectivity index (χ0) is 13.1. The molecule has 1 aromatic heterocycles. The maximum atomic E-state index is 12.9. The standard InChI is InChI=1S/C14H17FN2O/c1-10-3-6-13(18-10)9-17(2)8-11-4-5-12(15)7-14(11)16/h3-7H,8-9,16H2,1-2H3. The SMILES string of the molecule is Cc1ccc(CN(C)Cc2ccc(F)cc2N)o1. The van der Waals surface area contributed by atoms with Crippen molar-refractivity contribution in [1.29, 1.82) is 0 Å². The van der Waals surface area contributed by atoms with Gasteiger partial charge in [-0.2, -0.15) is 0 Å². The van der Waals surface area contributed by atoms with Gasteiger partial charge in [0.2, 0.25) is 0 Å². The summed E-state index contributed by atoms with van der Waals surface area (Å²) in [5, 5.41) is 0. The van der Waals surface area contributed by atoms with E-state index in [2.05, 4.69) is 4.90 Å². The highest BCUT2D eigenvalue weighted by atomic mass is 19.1. The highest BCUT2D eigenvalue weighted by Crippen LogP contribution is 2.17. The third-order valence-corrected chi connectivity index (χ3v) is 2.77. The Morgan fingerprint density at radius 2 is 2.00 bits per heavy atom. The molecule has 0 spiro atoms. The van der Waals surface area contributed by atoms with Crippen LogP contribution in [0.3, 0.4) is 0 Å². The molecule has 0 atom stereocenters. The van der Waals surface area contributed by atoms with Gasteiger partial charge in [0.15, 0.2) is 0 Å². The van der Waals surface area contributed by atoms with Crippen LogP contribution in [0, 0.1) is 12.7 Å². The molecule has 1 heterocycles. The Hall–Kier alpha value is -1.81. The average Bonchev–Trinajstić information content (AvgIpc) is 2.68. The van der Waals surface area contributed by atoms with Gasteiger partial charge in [-0.15, -0.1) is 0 Å². The Labute approximate surface area is 106 Å². The summed E-state index contributed by atoms with van der Waals surface area (Å²) in [4.78, 5) is 2.07. The third-order valence-electron chi connectivity index (χ3n) is 2.77. The fraction of sp³-hybridized carbons (Fsp3) is 0.286. The van der Waals surface area contributed by atoms with Crippen LogP contribution in [-0.2, 0) is 13.1 Å². The molecule has 4 heteroatoms. The van der Waals surface area contributed by atoms with Crippen molar-refractivity contribution in [1.82, 2.24) is 4.90 Å². The predicted molar refractivity (Wildman–Crippen MR) is 69.4 cm³/mol. The number of aryl methyl sites for hydroxylation is 1. The van der Waals surface area contributed by atoms with Crippen LogP contribution >= 0.6 is 0 Å². The topological polar surface area (TPSA) is 42.4 Å². The number of hydrogen-bond acceptors (Lipinski definition) is 3. The minimum absolute atomic E-state index is 0.305. The first kappa shape index (κ1) is 12.6. The zero-order valence-electron chi connectivity index (χ0n) is 10.6. The van der Waals surface area contributed by atoms with Gasteiger partial charge in [0.05, 0.1) is 6.54 Å². The van der Waals surface area contributed by atoms with Crippen molar-refractivity contribution in [2.75, 3.05) is 12.8 Å². The lowest BCUT2D eigenvalue weighted by Gasteiger charge is -2.16. The fourth-order valence-corrected chi connectivity index (χ4v) is 1.89. The fourth-order valence-electron chi connectivity index (χ4n) is 1.89.